The number of hydrogen-bond acceptors (Lipinski definition) is 4. The van der Waals surface area contributed by atoms with Crippen molar-refractivity contribution in [2.24, 2.45) is 0 Å². The molecule has 0 spiro atoms. The van der Waals surface area contributed by atoms with E-state index in [2.05, 4.69) is 0 Å². The lowest BCUT2D eigenvalue weighted by Gasteiger charge is -2.12. The molecule has 0 aliphatic heterocycles. The summed E-state index contributed by atoms with van der Waals surface area (Å²) in [7, 11) is 0. The van der Waals surface area contributed by atoms with Crippen LogP contribution in [0.5, 0.6) is 0 Å². The Balaban J connectivity index is 3.20. The average Bonchev–Trinajstić information content (AvgIpc) is 2.37. The monoisotopic (exact) mass is 337 g/mol. The third kappa shape index (κ3) is 5.48. The summed E-state index contributed by atoms with van der Waals surface area (Å²) < 4.78 is 42.2. The molecule has 1 aromatic carbocycles. The molecule has 0 saturated heterocycles. The Morgan fingerprint density at radius 1 is 1.43 bits per heavy atom. The summed E-state index contributed by atoms with van der Waals surface area (Å²) in [5, 5.41) is 8.93. The van der Waals surface area contributed by atoms with Crippen LogP contribution in [0.3, 0.4) is 0 Å². The minimum absolute atomic E-state index is 0.0135. The van der Waals surface area contributed by atoms with E-state index in [1.54, 1.807) is 13.0 Å². The molecule has 0 amide bonds. The van der Waals surface area contributed by atoms with Gasteiger partial charge in [-0.1, -0.05) is 0 Å². The van der Waals surface area contributed by atoms with Gasteiger partial charge in [0.1, 0.15) is 6.07 Å². The van der Waals surface area contributed by atoms with Gasteiger partial charge in [-0.2, -0.15) is 18.4 Å². The summed E-state index contributed by atoms with van der Waals surface area (Å²) in [6.07, 6.45) is -0.187. The fourth-order valence-corrected chi connectivity index (χ4v) is 2.53. The van der Waals surface area contributed by atoms with Gasteiger partial charge in [0, 0.05) is 10.8 Å². The Labute approximate surface area is 129 Å². The first-order valence-corrected chi connectivity index (χ1v) is 7.19. The highest BCUT2D eigenvalue weighted by Gasteiger charge is 2.31. The molecule has 0 unspecified atom stereocenters. The molecule has 0 atom stereocenters. The van der Waals surface area contributed by atoms with Crippen molar-refractivity contribution in [2.45, 2.75) is 29.6 Å². The first-order chi connectivity index (χ1) is 9.80. The topological polar surface area (TPSA) is 50.1 Å². The van der Waals surface area contributed by atoms with Crippen molar-refractivity contribution in [1.29, 1.82) is 5.26 Å². The molecule has 0 fully saturated rings. The normalized spacial score (nSPS) is 11.0. The van der Waals surface area contributed by atoms with Gasteiger partial charge in [0.2, 0.25) is 0 Å². The predicted molar refractivity (Wildman–Crippen MR) is 73.0 cm³/mol. The van der Waals surface area contributed by atoms with Crippen molar-refractivity contribution < 1.29 is 22.7 Å². The first kappa shape index (κ1) is 17.7. The van der Waals surface area contributed by atoms with E-state index in [1.165, 1.54) is 12.1 Å². The largest absolute Gasteiger partial charge is 0.466 e. The fraction of sp³-hybridized carbons (Fsp3) is 0.385. The third-order valence-corrected chi connectivity index (χ3v) is 3.51. The summed E-state index contributed by atoms with van der Waals surface area (Å²) in [5.74, 6) is -0.572. The lowest BCUT2D eigenvalue weighted by Crippen LogP contribution is -2.10. The Hall–Kier alpha value is -1.39. The highest BCUT2D eigenvalue weighted by Crippen LogP contribution is 2.39. The molecule has 0 saturated carbocycles. The van der Waals surface area contributed by atoms with E-state index in [1.807, 2.05) is 0 Å². The van der Waals surface area contributed by atoms with Crippen LogP contribution in [0.1, 0.15) is 23.6 Å². The quantitative estimate of drug-likeness (QED) is 0.462. The van der Waals surface area contributed by atoms with Gasteiger partial charge in [-0.05, 0) is 41.9 Å². The van der Waals surface area contributed by atoms with Crippen LogP contribution < -0.4 is 0 Å². The molecular formula is C13H11ClF3NO2S. The van der Waals surface area contributed by atoms with Crippen molar-refractivity contribution in [3.05, 3.63) is 28.8 Å². The Morgan fingerprint density at radius 3 is 2.57 bits per heavy atom. The molecule has 0 radical (unpaired) electrons. The molecular weight excluding hydrogens is 327 g/mol. The number of alkyl halides is 4. The molecule has 0 aromatic heterocycles. The lowest BCUT2D eigenvalue weighted by molar-refractivity contribution is -0.142. The van der Waals surface area contributed by atoms with E-state index in [-0.39, 0.29) is 29.4 Å². The Kier molecular flexibility index (Phi) is 6.37. The van der Waals surface area contributed by atoms with E-state index in [0.29, 0.717) is 11.1 Å². The number of esters is 1. The lowest BCUT2D eigenvalue weighted by atomic mass is 10.0. The maximum absolute atomic E-state index is 12.5. The van der Waals surface area contributed by atoms with E-state index in [9.17, 15) is 18.0 Å². The molecule has 0 aliphatic rings. The van der Waals surface area contributed by atoms with Crippen LogP contribution in [0.4, 0.5) is 13.2 Å². The van der Waals surface area contributed by atoms with Crippen molar-refractivity contribution >= 4 is 29.3 Å². The van der Waals surface area contributed by atoms with Crippen LogP contribution in [0, 0.1) is 11.3 Å². The van der Waals surface area contributed by atoms with Crippen molar-refractivity contribution in [1.82, 2.24) is 0 Å². The number of nitriles is 1. The van der Waals surface area contributed by atoms with Crippen molar-refractivity contribution in [2.75, 3.05) is 6.61 Å². The molecule has 1 aromatic rings. The van der Waals surface area contributed by atoms with Crippen LogP contribution in [0.15, 0.2) is 17.0 Å². The molecule has 8 heteroatoms. The minimum Gasteiger partial charge on any atom is -0.466 e. The van der Waals surface area contributed by atoms with Gasteiger partial charge in [-0.25, -0.2) is 0 Å². The number of carbonyl (C=O) groups is 1. The van der Waals surface area contributed by atoms with Crippen LogP contribution in [0.25, 0.3) is 0 Å². The maximum Gasteiger partial charge on any atom is 0.446 e. The first-order valence-electron chi connectivity index (χ1n) is 5.84. The zero-order valence-electron chi connectivity index (χ0n) is 11.0. The Bertz CT molecular complexity index is 570. The summed E-state index contributed by atoms with van der Waals surface area (Å²) in [6, 6.07) is 4.15. The highest BCUT2D eigenvalue weighted by atomic mass is 35.5. The number of benzene rings is 1. The number of rotatable bonds is 5. The second kappa shape index (κ2) is 7.57. The van der Waals surface area contributed by atoms with Crippen LogP contribution in [-0.4, -0.2) is 18.1 Å². The van der Waals surface area contributed by atoms with Gasteiger partial charge < -0.3 is 4.74 Å². The summed E-state index contributed by atoms with van der Waals surface area (Å²) in [6.45, 7) is 1.81. The second-order valence-corrected chi connectivity index (χ2v) is 5.27. The number of carbonyl (C=O) groups excluding carboxylic acids is 1. The SMILES string of the molecule is CCOC(=O)Cc1cc(SC(F)(F)F)c(C#N)cc1CCl. The van der Waals surface area contributed by atoms with E-state index in [4.69, 9.17) is 21.6 Å². The summed E-state index contributed by atoms with van der Waals surface area (Å²) >= 11 is 5.32. The summed E-state index contributed by atoms with van der Waals surface area (Å²) in [4.78, 5) is 11.2. The van der Waals surface area contributed by atoms with E-state index < -0.39 is 23.2 Å². The van der Waals surface area contributed by atoms with Gasteiger partial charge in [0.15, 0.2) is 0 Å². The predicted octanol–water partition coefficient (Wildman–Crippen LogP) is 4.01. The zero-order valence-corrected chi connectivity index (χ0v) is 12.5. The number of ether oxygens (including phenoxy) is 1. The molecule has 0 aliphatic carbocycles. The van der Waals surface area contributed by atoms with Crippen LogP contribution >= 0.6 is 23.4 Å². The molecule has 3 nitrogen and oxygen atoms in total. The number of nitrogens with zero attached hydrogens (tertiary/aromatic N) is 1. The van der Waals surface area contributed by atoms with Gasteiger partial charge in [0.25, 0.3) is 0 Å². The van der Waals surface area contributed by atoms with Crippen molar-refractivity contribution in [3.8, 4) is 6.07 Å². The van der Waals surface area contributed by atoms with Crippen LogP contribution in [0.2, 0.25) is 0 Å². The van der Waals surface area contributed by atoms with Gasteiger partial charge in [-0.15, -0.1) is 11.6 Å². The molecule has 0 heterocycles. The molecule has 0 bridgehead atoms. The van der Waals surface area contributed by atoms with Gasteiger partial charge >= 0.3 is 11.5 Å². The maximum atomic E-state index is 12.5. The number of hydrogen-bond donors (Lipinski definition) is 0. The van der Waals surface area contributed by atoms with E-state index in [0.717, 1.165) is 0 Å². The summed E-state index contributed by atoms with van der Waals surface area (Å²) in [5.41, 5.74) is -3.88. The second-order valence-electron chi connectivity index (χ2n) is 3.89. The van der Waals surface area contributed by atoms with Gasteiger partial charge in [0.05, 0.1) is 18.6 Å². The standard InChI is InChI=1S/C13H11ClF3NO2S/c1-2-20-12(19)5-8-4-11(21-13(15,16)17)10(7-18)3-9(8)6-14/h3-4H,2,5-6H2,1H3. The zero-order chi connectivity index (χ0) is 16.0. The molecule has 114 valence electrons. The Morgan fingerprint density at radius 2 is 2.10 bits per heavy atom. The number of thioether (sulfide) groups is 1. The fourth-order valence-electron chi connectivity index (χ4n) is 1.62. The minimum atomic E-state index is -4.52. The van der Waals surface area contributed by atoms with E-state index >= 15 is 0 Å². The number of halogens is 4. The highest BCUT2D eigenvalue weighted by molar-refractivity contribution is 8.00. The van der Waals surface area contributed by atoms with Crippen molar-refractivity contribution in [3.63, 3.8) is 0 Å². The average molecular weight is 338 g/mol. The van der Waals surface area contributed by atoms with Crippen LogP contribution in [-0.2, 0) is 21.8 Å². The third-order valence-electron chi connectivity index (χ3n) is 2.43. The molecule has 0 N–H and O–H groups in total. The van der Waals surface area contributed by atoms with Gasteiger partial charge in [-0.3, -0.25) is 4.79 Å². The molecule has 21 heavy (non-hydrogen) atoms. The molecule has 1 rings (SSSR count). The smallest absolute Gasteiger partial charge is 0.446 e.